The number of nitrogens with two attached hydrogens (primary N) is 1. The molecule has 1 aliphatic carbocycles. The highest BCUT2D eigenvalue weighted by molar-refractivity contribution is 6.34. The van der Waals surface area contributed by atoms with Gasteiger partial charge in [0.15, 0.2) is 23.3 Å². The Bertz CT molecular complexity index is 1570. The smallest absolute Gasteiger partial charge is 0.332 e. The second kappa shape index (κ2) is 14.3. The number of rotatable bonds is 11. The number of methoxy groups -OCH3 is 1. The molecule has 2 aromatic carbocycles. The van der Waals surface area contributed by atoms with Gasteiger partial charge in [-0.1, -0.05) is 35.7 Å². The van der Waals surface area contributed by atoms with Gasteiger partial charge in [-0.2, -0.15) is 5.10 Å². The van der Waals surface area contributed by atoms with E-state index >= 15 is 4.39 Å². The quantitative estimate of drug-likeness (QED) is 0.139. The molecule has 3 aromatic rings. The molecule has 2 heterocycles. The van der Waals surface area contributed by atoms with Crippen molar-refractivity contribution in [2.75, 3.05) is 33.4 Å². The lowest BCUT2D eigenvalue weighted by molar-refractivity contribution is 0.0500. The highest BCUT2D eigenvalue weighted by Crippen LogP contribution is 2.43. The molecule has 1 saturated heterocycles. The fraction of sp³-hybridized carbons (Fsp3) is 0.344. The molecule has 5 rings (SSSR count). The van der Waals surface area contributed by atoms with Crippen LogP contribution < -0.4 is 25.4 Å². The molecule has 0 bridgehead atoms. The summed E-state index contributed by atoms with van der Waals surface area (Å²) in [4.78, 5) is 18.0. The molecule has 3 N–H and O–H groups in total. The summed E-state index contributed by atoms with van der Waals surface area (Å²) < 4.78 is 34.7. The number of nitrogens with zero attached hydrogens (tertiary/aromatic N) is 3. The van der Waals surface area contributed by atoms with E-state index in [2.05, 4.69) is 20.4 Å². The Balaban J connectivity index is 1.44. The molecule has 12 heteroatoms. The summed E-state index contributed by atoms with van der Waals surface area (Å²) in [5, 5.41) is 4.96. The Morgan fingerprint density at radius 1 is 1.16 bits per heavy atom. The number of piperidine rings is 1. The summed E-state index contributed by atoms with van der Waals surface area (Å²) in [6, 6.07) is 9.17. The molecule has 0 spiro atoms. The summed E-state index contributed by atoms with van der Waals surface area (Å²) in [6.45, 7) is 3.81. The lowest BCUT2D eigenvalue weighted by atomic mass is 9.83. The van der Waals surface area contributed by atoms with Gasteiger partial charge >= 0.3 is 6.03 Å². The van der Waals surface area contributed by atoms with Crippen molar-refractivity contribution < 1.29 is 23.4 Å². The van der Waals surface area contributed by atoms with Gasteiger partial charge in [-0.15, -0.1) is 0 Å². The fourth-order valence-electron chi connectivity index (χ4n) is 5.43. The summed E-state index contributed by atoms with van der Waals surface area (Å²) >= 11 is 12.7. The van der Waals surface area contributed by atoms with Gasteiger partial charge in [-0.3, -0.25) is 4.98 Å². The van der Waals surface area contributed by atoms with Crippen molar-refractivity contribution in [1.82, 2.24) is 15.3 Å². The third kappa shape index (κ3) is 7.43. The highest BCUT2D eigenvalue weighted by atomic mass is 35.5. The number of amides is 2. The van der Waals surface area contributed by atoms with Crippen molar-refractivity contribution in [3.8, 4) is 17.2 Å². The molecule has 0 radical (unpaired) electrons. The lowest BCUT2D eigenvalue weighted by Crippen LogP contribution is -2.41. The van der Waals surface area contributed by atoms with E-state index in [4.69, 9.17) is 43.1 Å². The van der Waals surface area contributed by atoms with Gasteiger partial charge in [0, 0.05) is 39.8 Å². The molecule has 1 aromatic heterocycles. The van der Waals surface area contributed by atoms with Gasteiger partial charge in [0.05, 0.1) is 25.4 Å². The predicted octanol–water partition coefficient (Wildman–Crippen LogP) is 6.57. The number of halogens is 3. The molecule has 2 aliphatic rings. The van der Waals surface area contributed by atoms with E-state index in [1.165, 1.54) is 31.6 Å². The van der Waals surface area contributed by atoms with Crippen molar-refractivity contribution in [3.05, 3.63) is 82.0 Å². The first-order valence-corrected chi connectivity index (χ1v) is 15.1. The van der Waals surface area contributed by atoms with Crippen molar-refractivity contribution in [1.29, 1.82) is 0 Å². The number of hydrogen-bond acceptors (Lipinski definition) is 7. The van der Waals surface area contributed by atoms with Crippen molar-refractivity contribution in [2.45, 2.75) is 37.5 Å². The molecule has 1 fully saturated rings. The van der Waals surface area contributed by atoms with Gasteiger partial charge in [-0.05, 0) is 80.4 Å². The topological polar surface area (TPSA) is 111 Å². The second-order valence-corrected chi connectivity index (χ2v) is 11.5. The van der Waals surface area contributed by atoms with Gasteiger partial charge in [0.25, 0.3) is 0 Å². The maximum Gasteiger partial charge on any atom is 0.332 e. The average molecular weight is 643 g/mol. The minimum absolute atomic E-state index is 0.321. The van der Waals surface area contributed by atoms with Gasteiger partial charge in [0.2, 0.25) is 0 Å². The SMILES string of the molecule is COc1cc2c(OC3(c4cc(Cl)cc(Cl)c4)C=CC(C=NNC(N)=O)=CC3F)ccnc2cc1OCCCN1CCCCC1. The zero-order valence-electron chi connectivity index (χ0n) is 24.3. The van der Waals surface area contributed by atoms with Crippen molar-refractivity contribution in [3.63, 3.8) is 0 Å². The van der Waals surface area contributed by atoms with E-state index < -0.39 is 17.8 Å². The lowest BCUT2D eigenvalue weighted by Gasteiger charge is -2.36. The number of hydrogen-bond donors (Lipinski definition) is 2. The second-order valence-electron chi connectivity index (χ2n) is 10.6. The maximum atomic E-state index is 16.3. The molecular formula is C32H34Cl2FN5O4. The van der Waals surface area contributed by atoms with Crippen LogP contribution in [0.3, 0.4) is 0 Å². The van der Waals surface area contributed by atoms with Crippen LogP contribution in [0.2, 0.25) is 10.0 Å². The number of allylic oxidation sites excluding steroid dienone is 2. The minimum atomic E-state index is -1.72. The van der Waals surface area contributed by atoms with Gasteiger partial charge < -0.3 is 24.8 Å². The van der Waals surface area contributed by atoms with E-state index in [1.807, 2.05) is 0 Å². The number of alkyl halides is 1. The summed E-state index contributed by atoms with van der Waals surface area (Å²) in [6.07, 6.45) is 10.4. The molecule has 232 valence electrons. The van der Waals surface area contributed by atoms with E-state index in [9.17, 15) is 4.79 Å². The zero-order chi connectivity index (χ0) is 31.1. The fourth-order valence-corrected chi connectivity index (χ4v) is 5.95. The number of nitrogens with one attached hydrogen (secondary N) is 1. The first-order valence-electron chi connectivity index (χ1n) is 14.4. The number of primary amides is 1. The summed E-state index contributed by atoms with van der Waals surface area (Å²) in [5.41, 5.74) is 6.87. The number of urea groups is 1. The van der Waals surface area contributed by atoms with Crippen LogP contribution in [-0.4, -0.2) is 61.7 Å². The third-order valence-electron chi connectivity index (χ3n) is 7.56. The number of benzene rings is 2. The Hall–Kier alpha value is -3.86. The first-order chi connectivity index (χ1) is 21.3. The zero-order valence-corrected chi connectivity index (χ0v) is 25.8. The van der Waals surface area contributed by atoms with Crippen LogP contribution >= 0.6 is 23.2 Å². The number of aromatic nitrogens is 1. The Kier molecular flexibility index (Phi) is 10.2. The van der Waals surface area contributed by atoms with E-state index in [0.29, 0.717) is 55.9 Å². The number of hydrazone groups is 1. The largest absolute Gasteiger partial charge is 0.493 e. The molecular weight excluding hydrogens is 608 g/mol. The Morgan fingerprint density at radius 3 is 2.64 bits per heavy atom. The number of fused-ring (bicyclic) bond motifs is 1. The Morgan fingerprint density at radius 2 is 1.93 bits per heavy atom. The summed E-state index contributed by atoms with van der Waals surface area (Å²) in [7, 11) is 1.57. The van der Waals surface area contributed by atoms with Crippen molar-refractivity contribution >= 4 is 46.4 Å². The number of carbonyl (C=O) groups excluding carboxylic acids is 1. The van der Waals surface area contributed by atoms with Crippen LogP contribution in [0.4, 0.5) is 9.18 Å². The number of likely N-dealkylation sites (tertiary alicyclic amines) is 1. The van der Waals surface area contributed by atoms with E-state index in [1.54, 1.807) is 61.9 Å². The van der Waals surface area contributed by atoms with Crippen molar-refractivity contribution in [2.24, 2.45) is 10.8 Å². The molecule has 2 unspecified atom stereocenters. The number of pyridine rings is 1. The molecule has 2 atom stereocenters. The molecule has 1 aliphatic heterocycles. The Labute approximate surface area is 265 Å². The van der Waals surface area contributed by atoms with E-state index in [-0.39, 0.29) is 0 Å². The van der Waals surface area contributed by atoms with E-state index in [0.717, 1.165) is 26.1 Å². The molecule has 44 heavy (non-hydrogen) atoms. The highest BCUT2D eigenvalue weighted by Gasteiger charge is 2.43. The molecule has 0 saturated carbocycles. The normalized spacial score (nSPS) is 20.5. The standard InChI is InChI=1S/C32H34Cl2FN5O4/c1-42-28-18-25-26(19-29(28)43-13-5-12-40-10-3-2-4-11-40)37-9-7-27(25)44-32(22-15-23(33)17-24(34)16-22)8-6-21(14-30(32)35)20-38-39-31(36)41/h6-9,14-20,30H,2-5,10-13H2,1H3,(H3,36,39,41). The molecule has 2 amide bonds. The number of carbonyl (C=O) groups is 1. The van der Waals surface area contributed by atoms with Crippen LogP contribution in [0.5, 0.6) is 17.2 Å². The van der Waals surface area contributed by atoms with Crippen LogP contribution in [0, 0.1) is 0 Å². The maximum absolute atomic E-state index is 16.3. The van der Waals surface area contributed by atoms with Crippen LogP contribution in [-0.2, 0) is 5.60 Å². The first kappa shape index (κ1) is 31.6. The predicted molar refractivity (Wildman–Crippen MR) is 171 cm³/mol. The number of ether oxygens (including phenoxy) is 3. The van der Waals surface area contributed by atoms with Crippen LogP contribution in [0.1, 0.15) is 31.2 Å². The van der Waals surface area contributed by atoms with Gasteiger partial charge in [0.1, 0.15) is 5.75 Å². The minimum Gasteiger partial charge on any atom is -0.493 e. The third-order valence-corrected chi connectivity index (χ3v) is 8.00. The van der Waals surface area contributed by atoms with Crippen LogP contribution in [0.25, 0.3) is 10.9 Å². The summed E-state index contributed by atoms with van der Waals surface area (Å²) in [5.74, 6) is 1.43. The average Bonchev–Trinajstić information content (AvgIpc) is 3.00. The monoisotopic (exact) mass is 641 g/mol. The van der Waals surface area contributed by atoms with Crippen LogP contribution in [0.15, 0.2) is 71.5 Å². The molecule has 9 nitrogen and oxygen atoms in total. The van der Waals surface area contributed by atoms with Gasteiger partial charge in [-0.25, -0.2) is 14.6 Å².